The molecule has 2 amide bonds. The summed E-state index contributed by atoms with van der Waals surface area (Å²) in [6, 6.07) is 54.2. The Hall–Kier alpha value is -11.1. The highest BCUT2D eigenvalue weighted by Gasteiger charge is 2.29. The highest BCUT2D eigenvalue weighted by atomic mass is 16.3. The van der Waals surface area contributed by atoms with Crippen molar-refractivity contribution in [3.05, 3.63) is 248 Å². The number of Topliss-reactive ketones (excluding diaryl/α,β-unsaturated/α-hetero) is 1. The minimum atomic E-state index is -0.449. The molecular weight excluding hydrogens is 1400 g/mol. The number of nitrogens with zero attached hydrogens (tertiary/aromatic N) is 14. The molecule has 0 bridgehead atoms. The standard InChI is InChI=1S/C31H38N6O.C30H37N7O.C28H32N6O2/c1-22-19-26-25(23(2)38)13-10-14-29(26)37(22)31-33-28-15-18-36(17-9-8-16-35(3)4)21-27(28)30(34-31)32-20-24-11-6-5-7-12-24;1-21-18-25-23(28(31)38)12-9-13-27(25)37(21)30-33-26-20-36(16-8-7-15-35(2)3)17-14-24(26)29(34-30)32-19-22-10-5-4-6-11-22;1-19-16-22-21(26(29)36)10-7-11-25(22)34(19)28-31-24-12-14-33(13-5-6-15-35)18-23(24)27(32-28)30-17-20-8-3-2-4-9-20/h5-7,10-14,19H,8-9,15-18,20-21H2,1-4H3,(H,32,33,34);4-6,9-13,18H,7-8,14-17,19-20H2,1-3H3,(H2,31,38)(H,32,33,34);2-4,7-11,16,35H,5-6,12-15,17-18H2,1H3,(H2,29,36)(H,30,31,32). The van der Waals surface area contributed by atoms with Gasteiger partial charge in [-0.2, -0.15) is 15.0 Å². The van der Waals surface area contributed by atoms with Gasteiger partial charge in [0.05, 0.1) is 33.6 Å². The molecule has 3 aliphatic rings. The Bertz CT molecular complexity index is 5270. The fourth-order valence-electron chi connectivity index (χ4n) is 15.6. The molecule has 3 aliphatic heterocycles. The number of aliphatic hydroxyl groups is 1. The lowest BCUT2D eigenvalue weighted by Gasteiger charge is -2.30. The molecule has 6 aromatic heterocycles. The number of benzene rings is 6. The molecule has 0 fully saturated rings. The summed E-state index contributed by atoms with van der Waals surface area (Å²) in [6.45, 7) is 20.6. The first-order chi connectivity index (χ1) is 54.3. The molecule has 0 radical (unpaired) electrons. The Morgan fingerprint density at radius 3 is 1.13 bits per heavy atom. The number of aliphatic hydroxyl groups excluding tert-OH is 1. The van der Waals surface area contributed by atoms with Crippen molar-refractivity contribution in [2.75, 3.05) is 103 Å². The van der Waals surface area contributed by atoms with Crippen LogP contribution in [0.2, 0.25) is 0 Å². The van der Waals surface area contributed by atoms with Gasteiger partial charge in [0.1, 0.15) is 17.5 Å². The number of primary amides is 2. The number of hydrogen-bond acceptors (Lipinski definition) is 18. The van der Waals surface area contributed by atoms with Crippen LogP contribution in [-0.2, 0) is 58.5 Å². The van der Waals surface area contributed by atoms with Crippen LogP contribution in [0.15, 0.2) is 164 Å². The summed E-state index contributed by atoms with van der Waals surface area (Å²) in [5, 5.41) is 22.6. The van der Waals surface area contributed by atoms with E-state index in [1.54, 1.807) is 19.1 Å². The zero-order chi connectivity index (χ0) is 78.4. The van der Waals surface area contributed by atoms with Gasteiger partial charge in [0, 0.05) is 145 Å². The lowest BCUT2D eigenvalue weighted by atomic mass is 10.0. The van der Waals surface area contributed by atoms with Crippen molar-refractivity contribution in [3.8, 4) is 17.8 Å². The molecule has 0 saturated heterocycles. The summed E-state index contributed by atoms with van der Waals surface area (Å²) in [6.07, 6.45) is 9.16. The smallest absolute Gasteiger partial charge is 0.249 e. The number of aryl methyl sites for hydroxylation is 3. The molecule has 6 aromatic carbocycles. The molecule has 0 spiro atoms. The van der Waals surface area contributed by atoms with Crippen LogP contribution in [0.3, 0.4) is 0 Å². The van der Waals surface area contributed by atoms with Crippen LogP contribution in [0.5, 0.6) is 0 Å². The second kappa shape index (κ2) is 36.9. The lowest BCUT2D eigenvalue weighted by Crippen LogP contribution is -2.33. The molecule has 15 rings (SSSR count). The molecule has 0 unspecified atom stereocenters. The highest BCUT2D eigenvalue weighted by molar-refractivity contribution is 6.08. The summed E-state index contributed by atoms with van der Waals surface area (Å²) in [5.74, 6) is 3.66. The van der Waals surface area contributed by atoms with Gasteiger partial charge >= 0.3 is 0 Å². The van der Waals surface area contributed by atoms with Gasteiger partial charge in [-0.1, -0.05) is 115 Å². The van der Waals surface area contributed by atoms with Crippen molar-refractivity contribution in [1.29, 1.82) is 0 Å². The third-order valence-electron chi connectivity index (χ3n) is 21.4. The summed E-state index contributed by atoms with van der Waals surface area (Å²) in [4.78, 5) is 78.7. The van der Waals surface area contributed by atoms with E-state index in [1.807, 2.05) is 108 Å². The molecule has 9 heterocycles. The average Bonchev–Trinajstić information content (AvgIpc) is 1.63. The maximum absolute atomic E-state index is 12.3. The number of nitrogens with two attached hydrogens (primary N) is 2. The largest absolute Gasteiger partial charge is 0.396 e. The van der Waals surface area contributed by atoms with Crippen LogP contribution in [0, 0.1) is 20.8 Å². The van der Waals surface area contributed by atoms with Gasteiger partial charge in [-0.05, 0) is 199 Å². The fraction of sp³-hybridized carbons (Fsp3) is 0.360. The zero-order valence-electron chi connectivity index (χ0n) is 66.1. The number of ketones is 1. The number of aromatic nitrogens is 9. The second-order valence-corrected chi connectivity index (χ2v) is 30.3. The number of amides is 2. The highest BCUT2D eigenvalue weighted by Crippen LogP contribution is 2.35. The summed E-state index contributed by atoms with van der Waals surface area (Å²) < 4.78 is 6.12. The summed E-state index contributed by atoms with van der Waals surface area (Å²) in [7, 11) is 8.51. The van der Waals surface area contributed by atoms with E-state index in [9.17, 15) is 14.4 Å². The Kier molecular flexibility index (Phi) is 26.0. The number of carbonyl (C=O) groups excluding carboxylic acids is 3. The minimum absolute atomic E-state index is 0.0648. The molecule has 12 aromatic rings. The molecule has 112 heavy (non-hydrogen) atoms. The molecule has 23 nitrogen and oxygen atoms in total. The monoisotopic (exact) mass is 1510 g/mol. The zero-order valence-corrected chi connectivity index (χ0v) is 66.1. The average molecular weight is 1510 g/mol. The van der Waals surface area contributed by atoms with E-state index in [0.717, 1.165) is 200 Å². The van der Waals surface area contributed by atoms with E-state index < -0.39 is 11.8 Å². The van der Waals surface area contributed by atoms with E-state index in [4.69, 9.17) is 46.5 Å². The predicted octanol–water partition coefficient (Wildman–Crippen LogP) is 13.0. The van der Waals surface area contributed by atoms with Gasteiger partial charge in [-0.3, -0.25) is 42.8 Å². The van der Waals surface area contributed by atoms with Crippen LogP contribution in [0.1, 0.15) is 144 Å². The van der Waals surface area contributed by atoms with Crippen molar-refractivity contribution in [2.45, 2.75) is 125 Å². The molecule has 582 valence electrons. The number of anilines is 3. The maximum atomic E-state index is 12.3. The summed E-state index contributed by atoms with van der Waals surface area (Å²) >= 11 is 0. The Morgan fingerprint density at radius 2 is 0.759 bits per heavy atom. The number of nitrogens with one attached hydrogen (secondary N) is 3. The Labute approximate surface area is 657 Å². The second-order valence-electron chi connectivity index (χ2n) is 30.3. The van der Waals surface area contributed by atoms with Gasteiger partial charge in [-0.25, -0.2) is 15.0 Å². The molecule has 0 atom stereocenters. The van der Waals surface area contributed by atoms with E-state index in [-0.39, 0.29) is 12.4 Å². The maximum Gasteiger partial charge on any atom is 0.249 e. The van der Waals surface area contributed by atoms with Crippen LogP contribution < -0.4 is 27.4 Å². The van der Waals surface area contributed by atoms with Gasteiger partial charge < -0.3 is 42.3 Å². The molecule has 0 saturated carbocycles. The van der Waals surface area contributed by atoms with Crippen LogP contribution >= 0.6 is 0 Å². The van der Waals surface area contributed by atoms with Gasteiger partial charge in [0.15, 0.2) is 5.78 Å². The van der Waals surface area contributed by atoms with Gasteiger partial charge in [0.25, 0.3) is 0 Å². The fourth-order valence-corrected chi connectivity index (χ4v) is 15.6. The normalized spacial score (nSPS) is 13.7. The van der Waals surface area contributed by atoms with E-state index >= 15 is 0 Å². The van der Waals surface area contributed by atoms with Crippen LogP contribution in [0.25, 0.3) is 50.6 Å². The van der Waals surface area contributed by atoms with Gasteiger partial charge in [0.2, 0.25) is 29.7 Å². The first kappa shape index (κ1) is 79.0. The predicted molar refractivity (Wildman–Crippen MR) is 448 cm³/mol. The third-order valence-corrected chi connectivity index (χ3v) is 21.4. The number of rotatable bonds is 29. The molecule has 8 N–H and O–H groups in total. The van der Waals surface area contributed by atoms with Crippen LogP contribution in [-0.4, -0.2) is 178 Å². The van der Waals surface area contributed by atoms with E-state index in [0.29, 0.717) is 48.6 Å². The van der Waals surface area contributed by atoms with E-state index in [2.05, 4.69) is 147 Å². The number of carbonyl (C=O) groups is 3. The topological polar surface area (TPSA) is 268 Å². The Morgan fingerprint density at radius 1 is 0.411 bits per heavy atom. The van der Waals surface area contributed by atoms with Crippen molar-refractivity contribution in [2.24, 2.45) is 11.5 Å². The quantitative estimate of drug-likeness (QED) is 0.0188. The third kappa shape index (κ3) is 18.9. The van der Waals surface area contributed by atoms with Crippen LogP contribution in [0.4, 0.5) is 17.5 Å². The van der Waals surface area contributed by atoms with Crippen molar-refractivity contribution >= 4 is 67.8 Å². The number of hydrogen-bond donors (Lipinski definition) is 6. The number of unbranched alkanes of at least 4 members (excludes halogenated alkanes) is 3. The van der Waals surface area contributed by atoms with Crippen molar-refractivity contribution < 1.29 is 19.5 Å². The van der Waals surface area contributed by atoms with Crippen molar-refractivity contribution in [1.82, 2.24) is 68.1 Å². The molecule has 23 heteroatoms. The first-order valence-electron chi connectivity index (χ1n) is 39.4. The SMILES string of the molecule is CC(=O)c1cccc2c1cc(C)n2-c1nc2c(c(NCc3ccccc3)n1)CN(CCCCN(C)C)CC2.Cc1cc2c(C(N)=O)cccc2n1-c1nc2c(c(NCc3ccccc3)n1)CCN(CCCCN(C)C)C2.Cc1cc2c(C(N)=O)cccc2n1-c1nc2c(c(NCc3ccccc3)n1)CN(CCCCO)CC2. The van der Waals surface area contributed by atoms with Crippen molar-refractivity contribution in [3.63, 3.8) is 0 Å². The van der Waals surface area contributed by atoms with E-state index in [1.165, 1.54) is 53.5 Å². The number of fused-ring (bicyclic) bond motifs is 6. The first-order valence-corrected chi connectivity index (χ1v) is 39.4. The Balaban J connectivity index is 0.000000147. The lowest BCUT2D eigenvalue weighted by molar-refractivity contribution is 0.0993. The molecule has 0 aliphatic carbocycles. The minimum Gasteiger partial charge on any atom is -0.396 e. The molecular formula is C89H107N19O4. The van der Waals surface area contributed by atoms with Gasteiger partial charge in [-0.15, -0.1) is 0 Å². The summed E-state index contributed by atoms with van der Waals surface area (Å²) in [5.41, 5.74) is 29.0.